The fourth-order valence-electron chi connectivity index (χ4n) is 2.29. The molecule has 10 heteroatoms. The van der Waals surface area contributed by atoms with E-state index in [0.717, 1.165) is 0 Å². The van der Waals surface area contributed by atoms with Crippen LogP contribution in [0.5, 0.6) is 0 Å². The van der Waals surface area contributed by atoms with Gasteiger partial charge in [0, 0.05) is 26.2 Å². The summed E-state index contributed by atoms with van der Waals surface area (Å²) in [7, 11) is -7.08. The summed E-state index contributed by atoms with van der Waals surface area (Å²) >= 11 is 0. The van der Waals surface area contributed by atoms with Crippen LogP contribution in [0.15, 0.2) is 29.2 Å². The molecule has 0 unspecified atom stereocenters. The molecule has 1 heterocycles. The highest BCUT2D eigenvalue weighted by Crippen LogP contribution is 2.19. The van der Waals surface area contributed by atoms with E-state index < -0.39 is 26.0 Å². The van der Waals surface area contributed by atoms with Gasteiger partial charge in [-0.2, -0.15) is 8.61 Å². The van der Waals surface area contributed by atoms with E-state index in [0.29, 0.717) is 0 Å². The molecular formula is C13H18N2O6S2. The molecule has 128 valence electrons. The maximum atomic E-state index is 12.5. The first kappa shape index (κ1) is 17.9. The number of carboxylic acid groups (broad SMARTS) is 1. The fraction of sp³-hybridized carbons (Fsp3) is 0.462. The smallest absolute Gasteiger partial charge is 0.335 e. The molecule has 2 rings (SSSR count). The molecule has 0 spiro atoms. The second-order valence-electron chi connectivity index (χ2n) is 5.03. The second kappa shape index (κ2) is 6.56. The molecule has 23 heavy (non-hydrogen) atoms. The van der Waals surface area contributed by atoms with Crippen molar-refractivity contribution in [2.45, 2.75) is 11.8 Å². The third kappa shape index (κ3) is 3.71. The van der Waals surface area contributed by atoms with Crippen molar-refractivity contribution in [3.8, 4) is 0 Å². The molecule has 1 fully saturated rings. The predicted molar refractivity (Wildman–Crippen MR) is 83.2 cm³/mol. The zero-order valence-electron chi connectivity index (χ0n) is 12.5. The Morgan fingerprint density at radius 3 is 1.91 bits per heavy atom. The molecular weight excluding hydrogens is 344 g/mol. The number of hydrogen-bond donors (Lipinski definition) is 1. The standard InChI is InChI=1S/C13H18N2O6S2/c1-2-22(18,19)14-7-9-15(10-8-14)23(20,21)12-5-3-11(4-6-12)13(16)17/h3-6H,2,7-10H2,1H3,(H,16,17). The monoisotopic (exact) mass is 362 g/mol. The molecule has 1 aromatic carbocycles. The molecule has 1 N–H and O–H groups in total. The Bertz CT molecular complexity index is 778. The molecule has 0 saturated carbocycles. The van der Waals surface area contributed by atoms with Gasteiger partial charge in [-0.3, -0.25) is 0 Å². The predicted octanol–water partition coefficient (Wildman–Crippen LogP) is 0.0408. The van der Waals surface area contributed by atoms with Gasteiger partial charge in [0.15, 0.2) is 0 Å². The minimum atomic E-state index is -3.76. The highest BCUT2D eigenvalue weighted by molar-refractivity contribution is 7.89. The van der Waals surface area contributed by atoms with Crippen molar-refractivity contribution in [2.24, 2.45) is 0 Å². The number of aromatic carboxylic acids is 1. The van der Waals surface area contributed by atoms with E-state index in [4.69, 9.17) is 5.11 Å². The van der Waals surface area contributed by atoms with Gasteiger partial charge in [0.1, 0.15) is 0 Å². The van der Waals surface area contributed by atoms with E-state index in [1.165, 1.54) is 32.9 Å². The van der Waals surface area contributed by atoms with Crippen molar-refractivity contribution in [1.82, 2.24) is 8.61 Å². The fourth-order valence-corrected chi connectivity index (χ4v) is 4.80. The van der Waals surface area contributed by atoms with Crippen LogP contribution in [0, 0.1) is 0 Å². The number of benzene rings is 1. The molecule has 8 nitrogen and oxygen atoms in total. The van der Waals surface area contributed by atoms with Crippen LogP contribution in [-0.2, 0) is 20.0 Å². The Morgan fingerprint density at radius 1 is 1.00 bits per heavy atom. The number of nitrogens with zero attached hydrogens (tertiary/aromatic N) is 2. The summed E-state index contributed by atoms with van der Waals surface area (Å²) in [5, 5.41) is 8.83. The molecule has 0 radical (unpaired) electrons. The van der Waals surface area contributed by atoms with Crippen LogP contribution < -0.4 is 0 Å². The lowest BCUT2D eigenvalue weighted by molar-refractivity contribution is 0.0696. The van der Waals surface area contributed by atoms with Gasteiger partial charge >= 0.3 is 5.97 Å². The summed E-state index contributed by atoms with van der Waals surface area (Å²) in [4.78, 5) is 10.8. The molecule has 0 aromatic heterocycles. The third-order valence-electron chi connectivity index (χ3n) is 3.69. The summed E-state index contributed by atoms with van der Waals surface area (Å²) in [6.45, 7) is 1.91. The number of piperazine rings is 1. The highest BCUT2D eigenvalue weighted by Gasteiger charge is 2.32. The van der Waals surface area contributed by atoms with Gasteiger partial charge in [0.25, 0.3) is 0 Å². The van der Waals surface area contributed by atoms with Crippen molar-refractivity contribution >= 4 is 26.0 Å². The number of sulfonamides is 2. The van der Waals surface area contributed by atoms with Crippen LogP contribution in [0.1, 0.15) is 17.3 Å². The lowest BCUT2D eigenvalue weighted by atomic mass is 10.2. The molecule has 0 amide bonds. The Balaban J connectivity index is 2.14. The zero-order chi connectivity index (χ0) is 17.3. The topological polar surface area (TPSA) is 112 Å². The first-order chi connectivity index (χ1) is 10.7. The molecule has 0 atom stereocenters. The highest BCUT2D eigenvalue weighted by atomic mass is 32.2. The Morgan fingerprint density at radius 2 is 1.48 bits per heavy atom. The summed E-state index contributed by atoms with van der Waals surface area (Å²) in [5.41, 5.74) is 0.00260. The van der Waals surface area contributed by atoms with E-state index in [1.54, 1.807) is 6.92 Å². The summed E-state index contributed by atoms with van der Waals surface area (Å²) in [6, 6.07) is 4.95. The third-order valence-corrected chi connectivity index (χ3v) is 7.49. The number of carboxylic acids is 1. The average molecular weight is 362 g/mol. The van der Waals surface area contributed by atoms with E-state index in [1.807, 2.05) is 0 Å². The van der Waals surface area contributed by atoms with Crippen molar-refractivity contribution < 1.29 is 26.7 Å². The largest absolute Gasteiger partial charge is 0.478 e. The van der Waals surface area contributed by atoms with Crippen LogP contribution in [0.2, 0.25) is 0 Å². The number of rotatable bonds is 5. The van der Waals surface area contributed by atoms with Crippen molar-refractivity contribution in [3.05, 3.63) is 29.8 Å². The molecule has 0 bridgehead atoms. The van der Waals surface area contributed by atoms with Crippen LogP contribution in [0.4, 0.5) is 0 Å². The van der Waals surface area contributed by atoms with Gasteiger partial charge in [0.2, 0.25) is 20.0 Å². The van der Waals surface area contributed by atoms with E-state index in [-0.39, 0.29) is 42.4 Å². The summed E-state index contributed by atoms with van der Waals surface area (Å²) in [5.74, 6) is -1.15. The summed E-state index contributed by atoms with van der Waals surface area (Å²) in [6.07, 6.45) is 0. The van der Waals surface area contributed by atoms with Gasteiger partial charge in [-0.1, -0.05) is 0 Å². The minimum absolute atomic E-state index is 0.00260. The van der Waals surface area contributed by atoms with E-state index >= 15 is 0 Å². The zero-order valence-corrected chi connectivity index (χ0v) is 14.2. The second-order valence-corrected chi connectivity index (χ2v) is 9.23. The Kier molecular flexibility index (Phi) is 5.09. The quantitative estimate of drug-likeness (QED) is 0.791. The van der Waals surface area contributed by atoms with Crippen molar-refractivity contribution in [1.29, 1.82) is 0 Å². The number of carbonyl (C=O) groups is 1. The van der Waals surface area contributed by atoms with Crippen LogP contribution in [0.25, 0.3) is 0 Å². The van der Waals surface area contributed by atoms with Crippen molar-refractivity contribution in [3.63, 3.8) is 0 Å². The first-order valence-electron chi connectivity index (χ1n) is 7.00. The minimum Gasteiger partial charge on any atom is -0.478 e. The maximum Gasteiger partial charge on any atom is 0.335 e. The van der Waals surface area contributed by atoms with Crippen LogP contribution in [-0.4, -0.2) is 68.5 Å². The molecule has 1 saturated heterocycles. The Hall–Kier alpha value is -1.49. The van der Waals surface area contributed by atoms with Crippen molar-refractivity contribution in [2.75, 3.05) is 31.9 Å². The number of hydrogen-bond acceptors (Lipinski definition) is 5. The van der Waals surface area contributed by atoms with Gasteiger partial charge in [-0.05, 0) is 31.2 Å². The molecule has 1 aliphatic rings. The lowest BCUT2D eigenvalue weighted by Gasteiger charge is -2.33. The van der Waals surface area contributed by atoms with Crippen LogP contribution in [0.3, 0.4) is 0 Å². The average Bonchev–Trinajstić information content (AvgIpc) is 2.55. The molecule has 1 aromatic rings. The SMILES string of the molecule is CCS(=O)(=O)N1CCN(S(=O)(=O)c2ccc(C(=O)O)cc2)CC1. The Labute approximate surface area is 135 Å². The normalized spacial score (nSPS) is 18.0. The van der Waals surface area contributed by atoms with E-state index in [9.17, 15) is 21.6 Å². The van der Waals surface area contributed by atoms with Gasteiger partial charge in [0.05, 0.1) is 16.2 Å². The van der Waals surface area contributed by atoms with Gasteiger partial charge < -0.3 is 5.11 Å². The summed E-state index contributed by atoms with van der Waals surface area (Å²) < 4.78 is 51.1. The lowest BCUT2D eigenvalue weighted by Crippen LogP contribution is -2.50. The van der Waals surface area contributed by atoms with Crippen LogP contribution >= 0.6 is 0 Å². The molecule has 0 aliphatic carbocycles. The van der Waals surface area contributed by atoms with Gasteiger partial charge in [-0.25, -0.2) is 21.6 Å². The van der Waals surface area contributed by atoms with Gasteiger partial charge in [-0.15, -0.1) is 0 Å². The molecule has 1 aliphatic heterocycles. The maximum absolute atomic E-state index is 12.5. The first-order valence-corrected chi connectivity index (χ1v) is 10.0. The van der Waals surface area contributed by atoms with E-state index in [2.05, 4.69) is 0 Å².